The number of hydrogen-bond donors (Lipinski definition) is 1. The molecule has 0 saturated heterocycles. The van der Waals surface area contributed by atoms with Crippen LogP contribution in [0.25, 0.3) is 11.4 Å². The van der Waals surface area contributed by atoms with Gasteiger partial charge in [-0.15, -0.1) is 0 Å². The SMILES string of the molecule is CCc1[nH]c(-c2ccccc2Br)nc(=S)c1C. The van der Waals surface area contributed by atoms with Crippen LogP contribution >= 0.6 is 28.1 Å². The fraction of sp³-hybridized carbons (Fsp3) is 0.231. The van der Waals surface area contributed by atoms with Gasteiger partial charge in [-0.2, -0.15) is 0 Å². The molecule has 4 heteroatoms. The Labute approximate surface area is 114 Å². The van der Waals surface area contributed by atoms with E-state index in [1.165, 1.54) is 0 Å². The monoisotopic (exact) mass is 308 g/mol. The highest BCUT2D eigenvalue weighted by molar-refractivity contribution is 9.10. The highest BCUT2D eigenvalue weighted by Crippen LogP contribution is 2.25. The summed E-state index contributed by atoms with van der Waals surface area (Å²) in [7, 11) is 0. The third-order valence-corrected chi connectivity index (χ3v) is 3.83. The zero-order valence-corrected chi connectivity index (χ0v) is 12.2. The summed E-state index contributed by atoms with van der Waals surface area (Å²) in [6.45, 7) is 4.12. The van der Waals surface area contributed by atoms with Crippen LogP contribution in [-0.2, 0) is 6.42 Å². The molecule has 2 rings (SSSR count). The molecule has 1 heterocycles. The van der Waals surface area contributed by atoms with E-state index in [9.17, 15) is 0 Å². The summed E-state index contributed by atoms with van der Waals surface area (Å²) in [5.41, 5.74) is 3.25. The Balaban J connectivity index is 2.66. The number of H-pyrrole nitrogens is 1. The largest absolute Gasteiger partial charge is 0.343 e. The van der Waals surface area contributed by atoms with E-state index < -0.39 is 0 Å². The van der Waals surface area contributed by atoms with Gasteiger partial charge < -0.3 is 4.98 Å². The minimum atomic E-state index is 0.673. The average Bonchev–Trinajstić information content (AvgIpc) is 2.33. The van der Waals surface area contributed by atoms with Crippen molar-refractivity contribution in [2.24, 2.45) is 0 Å². The molecule has 0 fully saturated rings. The summed E-state index contributed by atoms with van der Waals surface area (Å²) in [5, 5.41) is 0. The summed E-state index contributed by atoms with van der Waals surface area (Å²) in [5.74, 6) is 0.824. The van der Waals surface area contributed by atoms with E-state index in [4.69, 9.17) is 12.2 Å². The van der Waals surface area contributed by atoms with Crippen molar-refractivity contribution in [2.75, 3.05) is 0 Å². The van der Waals surface area contributed by atoms with E-state index in [1.807, 2.05) is 31.2 Å². The first-order valence-electron chi connectivity index (χ1n) is 5.48. The highest BCUT2D eigenvalue weighted by atomic mass is 79.9. The first kappa shape index (κ1) is 12.5. The van der Waals surface area contributed by atoms with Crippen LogP contribution in [0.5, 0.6) is 0 Å². The van der Waals surface area contributed by atoms with Crippen molar-refractivity contribution in [1.29, 1.82) is 0 Å². The summed E-state index contributed by atoms with van der Waals surface area (Å²) in [6, 6.07) is 7.99. The molecule has 0 aliphatic carbocycles. The number of aromatic amines is 1. The Morgan fingerprint density at radius 1 is 1.35 bits per heavy atom. The number of benzene rings is 1. The second-order valence-electron chi connectivity index (χ2n) is 3.83. The average molecular weight is 309 g/mol. The maximum atomic E-state index is 5.29. The Morgan fingerprint density at radius 3 is 2.71 bits per heavy atom. The lowest BCUT2D eigenvalue weighted by molar-refractivity contribution is 0.968. The number of nitrogens with one attached hydrogen (secondary N) is 1. The van der Waals surface area contributed by atoms with Crippen LogP contribution in [-0.4, -0.2) is 9.97 Å². The Bertz CT molecular complexity index is 605. The Morgan fingerprint density at radius 2 is 2.06 bits per heavy atom. The summed E-state index contributed by atoms with van der Waals surface area (Å²) >= 11 is 8.82. The topological polar surface area (TPSA) is 28.7 Å². The van der Waals surface area contributed by atoms with Crippen LogP contribution in [0.1, 0.15) is 18.2 Å². The van der Waals surface area contributed by atoms with Gasteiger partial charge in [-0.3, -0.25) is 0 Å². The highest BCUT2D eigenvalue weighted by Gasteiger charge is 2.07. The van der Waals surface area contributed by atoms with E-state index in [0.717, 1.165) is 33.5 Å². The maximum Gasteiger partial charge on any atom is 0.140 e. The molecule has 0 aliphatic heterocycles. The quantitative estimate of drug-likeness (QED) is 0.831. The minimum absolute atomic E-state index is 0.673. The van der Waals surface area contributed by atoms with Crippen molar-refractivity contribution in [1.82, 2.24) is 9.97 Å². The standard InChI is InChI=1S/C13H13BrN2S/c1-3-11-8(2)13(17)16-12(15-11)9-6-4-5-7-10(9)14/h4-7H,3H2,1-2H3,(H,15,16,17). The van der Waals surface area contributed by atoms with Crippen LogP contribution in [0.15, 0.2) is 28.7 Å². The van der Waals surface area contributed by atoms with Crippen LogP contribution in [0.3, 0.4) is 0 Å². The van der Waals surface area contributed by atoms with Crippen LogP contribution in [0.4, 0.5) is 0 Å². The number of aromatic nitrogens is 2. The van der Waals surface area contributed by atoms with Crippen molar-refractivity contribution >= 4 is 28.1 Å². The first-order valence-corrected chi connectivity index (χ1v) is 6.68. The molecule has 0 spiro atoms. The molecule has 88 valence electrons. The number of halogens is 1. The summed E-state index contributed by atoms with van der Waals surface area (Å²) in [4.78, 5) is 7.79. The number of hydrogen-bond acceptors (Lipinski definition) is 2. The van der Waals surface area contributed by atoms with Gasteiger partial charge in [0.1, 0.15) is 10.5 Å². The second kappa shape index (κ2) is 5.10. The molecule has 1 aromatic heterocycles. The second-order valence-corrected chi connectivity index (χ2v) is 5.07. The van der Waals surface area contributed by atoms with Crippen LogP contribution < -0.4 is 0 Å². The lowest BCUT2D eigenvalue weighted by Gasteiger charge is -2.09. The third kappa shape index (κ3) is 2.48. The van der Waals surface area contributed by atoms with E-state index in [-0.39, 0.29) is 0 Å². The summed E-state index contributed by atoms with van der Waals surface area (Å²) in [6.07, 6.45) is 0.926. The molecule has 0 radical (unpaired) electrons. The van der Waals surface area contributed by atoms with Crippen LogP contribution in [0, 0.1) is 11.6 Å². The van der Waals surface area contributed by atoms with Crippen molar-refractivity contribution < 1.29 is 0 Å². The van der Waals surface area contributed by atoms with Gasteiger partial charge in [0.25, 0.3) is 0 Å². The Hall–Kier alpha value is -1.00. The molecule has 2 nitrogen and oxygen atoms in total. The lowest BCUT2D eigenvalue weighted by Crippen LogP contribution is -1.99. The van der Waals surface area contributed by atoms with Gasteiger partial charge in [0.15, 0.2) is 0 Å². The van der Waals surface area contributed by atoms with Gasteiger partial charge in [-0.05, 0) is 19.4 Å². The fourth-order valence-corrected chi connectivity index (χ4v) is 2.40. The molecule has 0 amide bonds. The molecular weight excluding hydrogens is 296 g/mol. The van der Waals surface area contributed by atoms with Crippen molar-refractivity contribution in [3.05, 3.63) is 44.6 Å². The minimum Gasteiger partial charge on any atom is -0.343 e. The number of aryl methyl sites for hydroxylation is 1. The van der Waals surface area contributed by atoms with Crippen molar-refractivity contribution in [2.45, 2.75) is 20.3 Å². The molecule has 0 unspecified atom stereocenters. The predicted octanol–water partition coefficient (Wildman–Crippen LogP) is 4.44. The fourth-order valence-electron chi connectivity index (χ4n) is 1.71. The Kier molecular flexibility index (Phi) is 3.74. The molecule has 0 saturated carbocycles. The van der Waals surface area contributed by atoms with E-state index in [1.54, 1.807) is 0 Å². The van der Waals surface area contributed by atoms with Gasteiger partial charge in [0.05, 0.1) is 0 Å². The van der Waals surface area contributed by atoms with Crippen molar-refractivity contribution in [3.8, 4) is 11.4 Å². The summed E-state index contributed by atoms with van der Waals surface area (Å²) < 4.78 is 1.69. The van der Waals surface area contributed by atoms with Crippen LogP contribution in [0.2, 0.25) is 0 Å². The van der Waals surface area contributed by atoms with Gasteiger partial charge in [0.2, 0.25) is 0 Å². The smallest absolute Gasteiger partial charge is 0.140 e. The number of rotatable bonds is 2. The molecular formula is C13H13BrN2S. The predicted molar refractivity (Wildman–Crippen MR) is 76.7 cm³/mol. The van der Waals surface area contributed by atoms with E-state index >= 15 is 0 Å². The number of nitrogens with zero attached hydrogens (tertiary/aromatic N) is 1. The van der Waals surface area contributed by atoms with Gasteiger partial charge in [0, 0.05) is 21.3 Å². The zero-order valence-electron chi connectivity index (χ0n) is 9.75. The third-order valence-electron chi connectivity index (χ3n) is 2.74. The first-order chi connectivity index (χ1) is 8.13. The molecule has 0 bridgehead atoms. The van der Waals surface area contributed by atoms with E-state index in [2.05, 4.69) is 32.8 Å². The molecule has 0 aliphatic rings. The van der Waals surface area contributed by atoms with Crippen molar-refractivity contribution in [3.63, 3.8) is 0 Å². The molecule has 17 heavy (non-hydrogen) atoms. The molecule has 2 aromatic rings. The van der Waals surface area contributed by atoms with E-state index in [0.29, 0.717) is 4.64 Å². The normalized spacial score (nSPS) is 10.5. The van der Waals surface area contributed by atoms with Gasteiger partial charge in [-0.1, -0.05) is 53.3 Å². The molecule has 1 aromatic carbocycles. The molecule has 1 N–H and O–H groups in total. The maximum absolute atomic E-state index is 5.29. The zero-order chi connectivity index (χ0) is 12.4. The van der Waals surface area contributed by atoms with Gasteiger partial charge in [-0.25, -0.2) is 4.98 Å². The lowest BCUT2D eigenvalue weighted by atomic mass is 10.1. The van der Waals surface area contributed by atoms with Gasteiger partial charge >= 0.3 is 0 Å². The molecule has 0 atom stereocenters.